The topological polar surface area (TPSA) is 59.1 Å². The zero-order valence-electron chi connectivity index (χ0n) is 9.59. The van der Waals surface area contributed by atoms with Gasteiger partial charge >= 0.3 is 0 Å². The Morgan fingerprint density at radius 1 is 1.28 bits per heavy atom. The maximum Gasteiger partial charge on any atom is 0.261 e. The van der Waals surface area contributed by atoms with Gasteiger partial charge in [0.2, 0.25) is 0 Å². The van der Waals surface area contributed by atoms with Gasteiger partial charge in [0.1, 0.15) is 0 Å². The molecule has 0 aliphatic carbocycles. The summed E-state index contributed by atoms with van der Waals surface area (Å²) in [6.45, 7) is 1.83. The van der Waals surface area contributed by atoms with Crippen LogP contribution >= 0.6 is 11.6 Å². The largest absolute Gasteiger partial charge is 0.277 e. The first-order valence-electron chi connectivity index (χ1n) is 5.18. The predicted octanol–water partition coefficient (Wildman–Crippen LogP) is 2.84. The smallest absolute Gasteiger partial charge is 0.261 e. The second kappa shape index (κ2) is 4.96. The van der Waals surface area contributed by atoms with Crippen LogP contribution in [0.15, 0.2) is 47.6 Å². The highest BCUT2D eigenvalue weighted by atomic mass is 35.5. The highest BCUT2D eigenvalue weighted by Crippen LogP contribution is 2.23. The molecule has 0 radical (unpaired) electrons. The second-order valence-electron chi connectivity index (χ2n) is 3.78. The first-order valence-corrected chi connectivity index (χ1v) is 7.04. The third kappa shape index (κ3) is 2.80. The summed E-state index contributed by atoms with van der Waals surface area (Å²) in [6, 6.07) is 8.16. The van der Waals surface area contributed by atoms with Gasteiger partial charge in [-0.3, -0.25) is 9.71 Å². The molecule has 0 fully saturated rings. The number of nitrogens with one attached hydrogen (secondary N) is 1. The number of aryl methyl sites for hydroxylation is 1. The number of benzene rings is 1. The molecule has 6 heteroatoms. The van der Waals surface area contributed by atoms with E-state index in [9.17, 15) is 8.42 Å². The van der Waals surface area contributed by atoms with E-state index in [1.807, 2.05) is 13.0 Å². The quantitative estimate of drug-likeness (QED) is 0.942. The van der Waals surface area contributed by atoms with Gasteiger partial charge in [-0.15, -0.1) is 0 Å². The molecular formula is C12H11ClN2O2S. The summed E-state index contributed by atoms with van der Waals surface area (Å²) in [5, 5.41) is 0.307. The van der Waals surface area contributed by atoms with Gasteiger partial charge < -0.3 is 0 Å². The van der Waals surface area contributed by atoms with Crippen LogP contribution in [-0.2, 0) is 10.0 Å². The van der Waals surface area contributed by atoms with Gasteiger partial charge in [0.05, 0.1) is 21.8 Å². The van der Waals surface area contributed by atoms with Crippen molar-refractivity contribution in [1.82, 2.24) is 4.98 Å². The average molecular weight is 283 g/mol. The van der Waals surface area contributed by atoms with E-state index in [-0.39, 0.29) is 10.6 Å². The third-order valence-electron chi connectivity index (χ3n) is 2.31. The van der Waals surface area contributed by atoms with Crippen molar-refractivity contribution >= 4 is 27.3 Å². The monoisotopic (exact) mass is 282 g/mol. The van der Waals surface area contributed by atoms with Crippen LogP contribution in [0.4, 0.5) is 5.69 Å². The van der Waals surface area contributed by atoms with E-state index >= 15 is 0 Å². The van der Waals surface area contributed by atoms with Crippen molar-refractivity contribution in [3.8, 4) is 0 Å². The average Bonchev–Trinajstić information content (AvgIpc) is 2.32. The molecule has 1 aromatic heterocycles. The normalized spacial score (nSPS) is 11.2. The molecule has 0 atom stereocenters. The van der Waals surface area contributed by atoms with Crippen LogP contribution in [0.1, 0.15) is 5.56 Å². The molecule has 0 saturated heterocycles. The third-order valence-corrected chi connectivity index (χ3v) is 4.00. The second-order valence-corrected chi connectivity index (χ2v) is 5.87. The molecule has 94 valence electrons. The molecule has 2 rings (SSSR count). The molecule has 0 saturated carbocycles. The summed E-state index contributed by atoms with van der Waals surface area (Å²) in [5.41, 5.74) is 1.14. The molecule has 0 amide bonds. The summed E-state index contributed by atoms with van der Waals surface area (Å²) in [5.74, 6) is 0. The Hall–Kier alpha value is -1.59. The van der Waals surface area contributed by atoms with E-state index < -0.39 is 10.0 Å². The summed E-state index contributed by atoms with van der Waals surface area (Å²) in [4.78, 5) is 4.03. The summed E-state index contributed by atoms with van der Waals surface area (Å²) in [7, 11) is -3.63. The van der Waals surface area contributed by atoms with Crippen LogP contribution in [0.2, 0.25) is 5.02 Å². The van der Waals surface area contributed by atoms with Gasteiger partial charge in [0, 0.05) is 6.20 Å². The summed E-state index contributed by atoms with van der Waals surface area (Å²) >= 11 is 5.88. The van der Waals surface area contributed by atoms with Crippen molar-refractivity contribution in [3.05, 3.63) is 53.3 Å². The molecule has 0 aliphatic heterocycles. The Morgan fingerprint density at radius 3 is 2.72 bits per heavy atom. The lowest BCUT2D eigenvalue weighted by Gasteiger charge is -2.09. The van der Waals surface area contributed by atoms with Crippen molar-refractivity contribution in [2.45, 2.75) is 11.8 Å². The Bertz CT molecular complexity index is 671. The Morgan fingerprint density at radius 2 is 2.06 bits per heavy atom. The lowest BCUT2D eigenvalue weighted by atomic mass is 10.2. The van der Waals surface area contributed by atoms with E-state index in [0.29, 0.717) is 5.02 Å². The standard InChI is InChI=1S/C12H11ClN2O2S/c1-9-3-2-4-10(7-9)18(16,17)15-12-8-14-6-5-11(12)13/h2-8,15H,1H3. The lowest BCUT2D eigenvalue weighted by molar-refractivity contribution is 0.601. The van der Waals surface area contributed by atoms with Crippen molar-refractivity contribution in [3.63, 3.8) is 0 Å². The SMILES string of the molecule is Cc1cccc(S(=O)(=O)Nc2cnccc2Cl)c1. The molecule has 4 nitrogen and oxygen atoms in total. The van der Waals surface area contributed by atoms with Gasteiger partial charge in [-0.25, -0.2) is 8.42 Å². The molecule has 2 aromatic rings. The molecule has 1 N–H and O–H groups in total. The van der Waals surface area contributed by atoms with Gasteiger partial charge in [-0.05, 0) is 30.7 Å². The van der Waals surface area contributed by atoms with E-state index in [1.165, 1.54) is 24.5 Å². The van der Waals surface area contributed by atoms with Crippen molar-refractivity contribution < 1.29 is 8.42 Å². The van der Waals surface area contributed by atoms with Gasteiger partial charge in [-0.2, -0.15) is 0 Å². The van der Waals surface area contributed by atoms with Crippen LogP contribution < -0.4 is 4.72 Å². The molecule has 18 heavy (non-hydrogen) atoms. The fourth-order valence-corrected chi connectivity index (χ4v) is 2.82. The number of nitrogens with zero attached hydrogens (tertiary/aromatic N) is 1. The number of hydrogen-bond acceptors (Lipinski definition) is 3. The molecule has 0 unspecified atom stereocenters. The van der Waals surface area contributed by atoms with Crippen LogP contribution in [0, 0.1) is 6.92 Å². The van der Waals surface area contributed by atoms with Gasteiger partial charge in [0.25, 0.3) is 10.0 Å². The van der Waals surface area contributed by atoms with E-state index in [0.717, 1.165) is 5.56 Å². The number of aromatic nitrogens is 1. The van der Waals surface area contributed by atoms with Gasteiger partial charge in [0.15, 0.2) is 0 Å². The highest BCUT2D eigenvalue weighted by Gasteiger charge is 2.15. The first kappa shape index (κ1) is 12.9. The minimum Gasteiger partial charge on any atom is -0.277 e. The molecule has 1 aromatic carbocycles. The first-order chi connectivity index (χ1) is 8.49. The van der Waals surface area contributed by atoms with Crippen LogP contribution in [0.5, 0.6) is 0 Å². The Labute approximate surface area is 111 Å². The van der Waals surface area contributed by atoms with Crippen LogP contribution in [0.3, 0.4) is 0 Å². The highest BCUT2D eigenvalue weighted by molar-refractivity contribution is 7.92. The van der Waals surface area contributed by atoms with Crippen molar-refractivity contribution in [2.75, 3.05) is 4.72 Å². The van der Waals surface area contributed by atoms with E-state index in [1.54, 1.807) is 12.1 Å². The van der Waals surface area contributed by atoms with Crippen molar-refractivity contribution in [2.24, 2.45) is 0 Å². The zero-order chi connectivity index (χ0) is 13.2. The maximum atomic E-state index is 12.1. The molecule has 0 spiro atoms. The van der Waals surface area contributed by atoms with E-state index in [2.05, 4.69) is 9.71 Å². The number of pyridine rings is 1. The fourth-order valence-electron chi connectivity index (χ4n) is 1.44. The van der Waals surface area contributed by atoms with Crippen LogP contribution in [0.25, 0.3) is 0 Å². The van der Waals surface area contributed by atoms with Crippen molar-refractivity contribution in [1.29, 1.82) is 0 Å². The number of hydrogen-bond donors (Lipinski definition) is 1. The Balaban J connectivity index is 2.37. The predicted molar refractivity (Wildman–Crippen MR) is 71.2 cm³/mol. The minimum atomic E-state index is -3.63. The van der Waals surface area contributed by atoms with E-state index in [4.69, 9.17) is 11.6 Å². The minimum absolute atomic E-state index is 0.197. The number of rotatable bonds is 3. The summed E-state index contributed by atoms with van der Waals surface area (Å²) in [6.07, 6.45) is 2.86. The summed E-state index contributed by atoms with van der Waals surface area (Å²) < 4.78 is 26.6. The Kier molecular flexibility index (Phi) is 3.54. The fraction of sp³-hybridized carbons (Fsp3) is 0.0833. The maximum absolute atomic E-state index is 12.1. The van der Waals surface area contributed by atoms with Crippen LogP contribution in [-0.4, -0.2) is 13.4 Å². The molecule has 1 heterocycles. The van der Waals surface area contributed by atoms with Gasteiger partial charge in [-0.1, -0.05) is 23.7 Å². The zero-order valence-corrected chi connectivity index (χ0v) is 11.2. The molecule has 0 bridgehead atoms. The number of sulfonamides is 1. The molecule has 0 aliphatic rings. The number of halogens is 1. The lowest BCUT2D eigenvalue weighted by Crippen LogP contribution is -2.13. The number of anilines is 1. The molecular weight excluding hydrogens is 272 g/mol.